The van der Waals surface area contributed by atoms with Crippen LogP contribution in [0.2, 0.25) is 0 Å². The van der Waals surface area contributed by atoms with Crippen molar-refractivity contribution in [2.75, 3.05) is 0 Å². The molecule has 0 N–H and O–H groups in total. The van der Waals surface area contributed by atoms with E-state index in [1.54, 1.807) is 0 Å². The van der Waals surface area contributed by atoms with Crippen molar-refractivity contribution < 1.29 is 4.42 Å². The number of para-hydroxylation sites is 1. The number of benzene rings is 8. The van der Waals surface area contributed by atoms with Crippen LogP contribution in [0.1, 0.15) is 0 Å². The largest absolute Gasteiger partial charge is 0.456 e. The van der Waals surface area contributed by atoms with Gasteiger partial charge in [-0.2, -0.15) is 0 Å². The van der Waals surface area contributed by atoms with Crippen molar-refractivity contribution >= 4 is 97.7 Å². The van der Waals surface area contributed by atoms with Crippen molar-refractivity contribution in [3.05, 3.63) is 152 Å². The quantitative estimate of drug-likeness (QED) is 0.178. The third-order valence-corrected chi connectivity index (χ3v) is 10.7. The molecular formula is C46H25N3O. The first-order valence-corrected chi connectivity index (χ1v) is 17.0. The summed E-state index contributed by atoms with van der Waals surface area (Å²) in [5, 5.41) is 15.3. The summed E-state index contributed by atoms with van der Waals surface area (Å²) in [6.07, 6.45) is 0. The number of hydrogen-bond acceptors (Lipinski definition) is 3. The smallest absolute Gasteiger partial charge is 0.235 e. The molecule has 0 unspecified atom stereocenters. The minimum Gasteiger partial charge on any atom is -0.456 e. The average molecular weight is 636 g/mol. The molecule has 12 rings (SSSR count). The third kappa shape index (κ3) is 3.30. The van der Waals surface area contributed by atoms with E-state index in [4.69, 9.17) is 14.4 Å². The van der Waals surface area contributed by atoms with Crippen molar-refractivity contribution in [2.45, 2.75) is 0 Å². The molecule has 0 atom stereocenters. The molecule has 4 heteroatoms. The molecule has 4 nitrogen and oxygen atoms in total. The van der Waals surface area contributed by atoms with Gasteiger partial charge in [-0.15, -0.1) is 0 Å². The van der Waals surface area contributed by atoms with Gasteiger partial charge in [0.2, 0.25) is 5.95 Å². The van der Waals surface area contributed by atoms with Gasteiger partial charge in [0, 0.05) is 32.5 Å². The Balaban J connectivity index is 1.29. The van der Waals surface area contributed by atoms with Crippen LogP contribution in [0.4, 0.5) is 0 Å². The second-order valence-electron chi connectivity index (χ2n) is 13.3. The predicted octanol–water partition coefficient (Wildman–Crippen LogP) is 12.3. The van der Waals surface area contributed by atoms with E-state index in [-0.39, 0.29) is 0 Å². The molecule has 3 aromatic heterocycles. The highest BCUT2D eigenvalue weighted by molar-refractivity contribution is 6.38. The van der Waals surface area contributed by atoms with Gasteiger partial charge in [-0.25, -0.2) is 9.97 Å². The van der Waals surface area contributed by atoms with Gasteiger partial charge in [-0.3, -0.25) is 4.57 Å². The molecule has 0 aliphatic heterocycles. The maximum atomic E-state index is 6.58. The Morgan fingerprint density at radius 1 is 0.400 bits per heavy atom. The zero-order chi connectivity index (χ0) is 32.5. The van der Waals surface area contributed by atoms with E-state index >= 15 is 0 Å². The predicted molar refractivity (Wildman–Crippen MR) is 208 cm³/mol. The SMILES string of the molecule is c1ccc2c(c1)cc(-c1nc(-n3c4cccc5c6ccccc6c6cccc7oc8ccc3c(c8c76)c54)nc3ccccc13)c1ccccc12. The second-order valence-corrected chi connectivity index (χ2v) is 13.3. The maximum absolute atomic E-state index is 6.58. The molecular weight excluding hydrogens is 611 g/mol. The van der Waals surface area contributed by atoms with Gasteiger partial charge < -0.3 is 4.42 Å². The molecule has 0 radical (unpaired) electrons. The van der Waals surface area contributed by atoms with Crippen LogP contribution in [0.25, 0.3) is 115 Å². The maximum Gasteiger partial charge on any atom is 0.235 e. The molecule has 230 valence electrons. The van der Waals surface area contributed by atoms with E-state index in [0.29, 0.717) is 5.95 Å². The Labute approximate surface area is 284 Å². The molecule has 0 bridgehead atoms. The second kappa shape index (κ2) is 9.43. The summed E-state index contributed by atoms with van der Waals surface area (Å²) in [6, 6.07) is 54.0. The van der Waals surface area contributed by atoms with Gasteiger partial charge in [0.1, 0.15) is 11.2 Å². The Kier molecular flexibility index (Phi) is 4.94. The molecule has 0 aliphatic rings. The lowest BCUT2D eigenvalue weighted by molar-refractivity contribution is 0.669. The topological polar surface area (TPSA) is 43.9 Å². The van der Waals surface area contributed by atoms with Crippen LogP contribution in [0, 0.1) is 0 Å². The van der Waals surface area contributed by atoms with Crippen LogP contribution in [0.5, 0.6) is 0 Å². The van der Waals surface area contributed by atoms with Crippen LogP contribution >= 0.6 is 0 Å². The van der Waals surface area contributed by atoms with Gasteiger partial charge >= 0.3 is 0 Å². The van der Waals surface area contributed by atoms with Crippen LogP contribution in [0.3, 0.4) is 0 Å². The minimum atomic E-state index is 0.646. The average Bonchev–Trinajstić information content (AvgIpc) is 3.72. The summed E-state index contributed by atoms with van der Waals surface area (Å²) in [5.41, 5.74) is 6.83. The summed E-state index contributed by atoms with van der Waals surface area (Å²) < 4.78 is 8.84. The number of nitrogens with zero attached hydrogens (tertiary/aromatic N) is 3. The summed E-state index contributed by atoms with van der Waals surface area (Å²) in [5.74, 6) is 0.646. The summed E-state index contributed by atoms with van der Waals surface area (Å²) in [4.78, 5) is 10.9. The highest BCUT2D eigenvalue weighted by Gasteiger charge is 2.24. The van der Waals surface area contributed by atoms with Gasteiger partial charge in [0.25, 0.3) is 0 Å². The Morgan fingerprint density at radius 3 is 1.82 bits per heavy atom. The first kappa shape index (κ1) is 26.2. The van der Waals surface area contributed by atoms with Crippen molar-refractivity contribution in [2.24, 2.45) is 0 Å². The summed E-state index contributed by atoms with van der Waals surface area (Å²) in [6.45, 7) is 0. The highest BCUT2D eigenvalue weighted by atomic mass is 16.3. The fraction of sp³-hybridized carbons (Fsp3) is 0. The number of fused-ring (bicyclic) bond motifs is 7. The molecule has 0 fully saturated rings. The normalized spacial score (nSPS) is 12.4. The fourth-order valence-corrected chi connectivity index (χ4v) is 8.69. The van der Waals surface area contributed by atoms with E-state index in [2.05, 4.69) is 156 Å². The summed E-state index contributed by atoms with van der Waals surface area (Å²) >= 11 is 0. The molecule has 0 aliphatic carbocycles. The zero-order valence-electron chi connectivity index (χ0n) is 26.7. The van der Waals surface area contributed by atoms with Crippen LogP contribution < -0.4 is 0 Å². The lowest BCUT2D eigenvalue weighted by Crippen LogP contribution is -2.03. The molecule has 9 aromatic carbocycles. The Bertz CT molecular complexity index is 3390. The lowest BCUT2D eigenvalue weighted by Gasteiger charge is -2.14. The van der Waals surface area contributed by atoms with E-state index in [0.717, 1.165) is 55.1 Å². The number of furan rings is 1. The molecule has 0 saturated heterocycles. The molecule has 12 aromatic rings. The standard InChI is InChI=1S/C46H25N3O/c1-2-12-27-26(11-1)25-35(31-16-6-3-13-28(27)31)45-34-17-7-8-20-36(34)47-46(48-45)49-37-21-9-18-32-29-14-4-5-15-30(29)33-19-10-22-39-42(33)44-40(50-39)24-23-38(49)43(44)41(32)37/h1-25H. The first-order valence-electron chi connectivity index (χ1n) is 17.0. The van der Waals surface area contributed by atoms with E-state index in [1.807, 2.05) is 0 Å². The minimum absolute atomic E-state index is 0.646. The summed E-state index contributed by atoms with van der Waals surface area (Å²) in [7, 11) is 0. The van der Waals surface area contributed by atoms with E-state index in [1.165, 1.54) is 53.9 Å². The molecule has 0 spiro atoms. The van der Waals surface area contributed by atoms with Gasteiger partial charge in [-0.05, 0) is 79.5 Å². The third-order valence-electron chi connectivity index (χ3n) is 10.7. The zero-order valence-corrected chi connectivity index (χ0v) is 26.7. The first-order chi connectivity index (χ1) is 24.8. The van der Waals surface area contributed by atoms with E-state index in [9.17, 15) is 0 Å². The van der Waals surface area contributed by atoms with Crippen molar-refractivity contribution in [1.29, 1.82) is 0 Å². The molecule has 50 heavy (non-hydrogen) atoms. The fourth-order valence-electron chi connectivity index (χ4n) is 8.69. The number of hydrogen-bond donors (Lipinski definition) is 0. The van der Waals surface area contributed by atoms with Crippen molar-refractivity contribution in [3.8, 4) is 17.2 Å². The van der Waals surface area contributed by atoms with Gasteiger partial charge in [0.15, 0.2) is 0 Å². The van der Waals surface area contributed by atoms with Crippen molar-refractivity contribution in [1.82, 2.24) is 14.5 Å². The van der Waals surface area contributed by atoms with Gasteiger partial charge in [0.05, 0.1) is 22.2 Å². The highest BCUT2D eigenvalue weighted by Crippen LogP contribution is 2.47. The van der Waals surface area contributed by atoms with Crippen molar-refractivity contribution in [3.63, 3.8) is 0 Å². The van der Waals surface area contributed by atoms with Crippen LogP contribution in [-0.2, 0) is 0 Å². The Hall–Kier alpha value is -6.78. The lowest BCUT2D eigenvalue weighted by atomic mass is 9.94. The Morgan fingerprint density at radius 2 is 1.00 bits per heavy atom. The number of aromatic nitrogens is 3. The van der Waals surface area contributed by atoms with E-state index < -0.39 is 0 Å². The molecule has 0 saturated carbocycles. The molecule has 0 amide bonds. The molecule has 3 heterocycles. The number of rotatable bonds is 2. The van der Waals surface area contributed by atoms with Gasteiger partial charge in [-0.1, -0.05) is 115 Å². The van der Waals surface area contributed by atoms with Crippen LogP contribution in [0.15, 0.2) is 156 Å². The van der Waals surface area contributed by atoms with Crippen LogP contribution in [-0.4, -0.2) is 14.5 Å². The monoisotopic (exact) mass is 635 g/mol.